The number of aromatic nitrogens is 3. The molecule has 112 valence electrons. The summed E-state index contributed by atoms with van der Waals surface area (Å²) >= 11 is 0. The minimum absolute atomic E-state index is 0.186. The molecule has 0 bridgehead atoms. The van der Waals surface area contributed by atoms with Gasteiger partial charge in [-0.2, -0.15) is 5.10 Å². The van der Waals surface area contributed by atoms with E-state index in [-0.39, 0.29) is 18.0 Å². The molecule has 1 atom stereocenters. The summed E-state index contributed by atoms with van der Waals surface area (Å²) in [6.45, 7) is 4.38. The van der Waals surface area contributed by atoms with Crippen molar-refractivity contribution in [2.45, 2.75) is 25.9 Å². The molecule has 2 aromatic rings. The lowest BCUT2D eigenvalue weighted by atomic mass is 10.2. The molecule has 6 heteroatoms. The number of amides is 1. The van der Waals surface area contributed by atoms with Crippen molar-refractivity contribution in [2.75, 3.05) is 13.7 Å². The van der Waals surface area contributed by atoms with Crippen molar-refractivity contribution in [1.29, 1.82) is 0 Å². The van der Waals surface area contributed by atoms with E-state index in [1.54, 1.807) is 30.4 Å². The van der Waals surface area contributed by atoms with Crippen molar-refractivity contribution >= 4 is 5.91 Å². The first-order chi connectivity index (χ1) is 10.1. The normalized spacial score (nSPS) is 12.4. The van der Waals surface area contributed by atoms with Crippen LogP contribution in [-0.4, -0.2) is 34.4 Å². The monoisotopic (exact) mass is 288 g/mol. The third-order valence-corrected chi connectivity index (χ3v) is 3.08. The first kappa shape index (κ1) is 15.2. The maximum absolute atomic E-state index is 12.3. The van der Waals surface area contributed by atoms with Crippen LogP contribution in [0.3, 0.4) is 0 Å². The zero-order valence-electron chi connectivity index (χ0n) is 12.5. The van der Waals surface area contributed by atoms with Crippen LogP contribution in [0.1, 0.15) is 42.0 Å². The van der Waals surface area contributed by atoms with Crippen LogP contribution in [-0.2, 0) is 4.74 Å². The average Bonchev–Trinajstić information content (AvgIpc) is 2.98. The van der Waals surface area contributed by atoms with Crippen LogP contribution in [0.5, 0.6) is 0 Å². The summed E-state index contributed by atoms with van der Waals surface area (Å²) in [5, 5.41) is 7.09. The number of nitrogens with zero attached hydrogens (tertiary/aromatic N) is 3. The minimum Gasteiger partial charge on any atom is -0.382 e. The molecule has 0 aromatic carbocycles. The van der Waals surface area contributed by atoms with Crippen LogP contribution < -0.4 is 5.32 Å². The molecule has 0 saturated carbocycles. The summed E-state index contributed by atoms with van der Waals surface area (Å²) in [7, 11) is 1.60. The van der Waals surface area contributed by atoms with Gasteiger partial charge in [-0.05, 0) is 26.0 Å². The van der Waals surface area contributed by atoms with Crippen LogP contribution >= 0.6 is 0 Å². The number of hydrogen-bond acceptors (Lipinski definition) is 4. The number of carbonyl (C=O) groups is 1. The van der Waals surface area contributed by atoms with Gasteiger partial charge in [0.2, 0.25) is 0 Å². The lowest BCUT2D eigenvalue weighted by molar-refractivity contribution is 0.0894. The zero-order valence-corrected chi connectivity index (χ0v) is 12.5. The van der Waals surface area contributed by atoms with E-state index in [0.29, 0.717) is 12.2 Å². The smallest absolute Gasteiger partial charge is 0.255 e. The van der Waals surface area contributed by atoms with Gasteiger partial charge in [0.25, 0.3) is 5.91 Å². The van der Waals surface area contributed by atoms with Crippen molar-refractivity contribution in [1.82, 2.24) is 20.1 Å². The van der Waals surface area contributed by atoms with Gasteiger partial charge in [-0.3, -0.25) is 14.5 Å². The largest absolute Gasteiger partial charge is 0.382 e. The summed E-state index contributed by atoms with van der Waals surface area (Å²) in [6, 6.07) is 5.51. The minimum atomic E-state index is -0.286. The molecule has 0 spiro atoms. The molecular formula is C15H20N4O2. The Labute approximate surface area is 124 Å². The molecule has 0 saturated heterocycles. The van der Waals surface area contributed by atoms with E-state index in [1.165, 1.54) is 0 Å². The molecule has 0 aliphatic rings. The molecule has 2 heterocycles. The predicted molar refractivity (Wildman–Crippen MR) is 78.9 cm³/mol. The Hall–Kier alpha value is -2.21. The third-order valence-electron chi connectivity index (χ3n) is 3.08. The number of rotatable bonds is 6. The lowest BCUT2D eigenvalue weighted by Crippen LogP contribution is -2.31. The van der Waals surface area contributed by atoms with Gasteiger partial charge < -0.3 is 10.1 Å². The van der Waals surface area contributed by atoms with Crippen LogP contribution in [0.15, 0.2) is 36.8 Å². The van der Waals surface area contributed by atoms with Gasteiger partial charge in [-0.15, -0.1) is 0 Å². The second-order valence-electron chi connectivity index (χ2n) is 5.04. The van der Waals surface area contributed by atoms with E-state index in [1.807, 2.05) is 32.0 Å². The highest BCUT2D eigenvalue weighted by atomic mass is 16.5. The van der Waals surface area contributed by atoms with E-state index < -0.39 is 0 Å². The van der Waals surface area contributed by atoms with E-state index in [4.69, 9.17) is 4.74 Å². The van der Waals surface area contributed by atoms with E-state index in [0.717, 1.165) is 5.69 Å². The van der Waals surface area contributed by atoms with Gasteiger partial charge >= 0.3 is 0 Å². The topological polar surface area (TPSA) is 69.0 Å². The Bertz CT molecular complexity index is 580. The van der Waals surface area contributed by atoms with Crippen molar-refractivity contribution in [2.24, 2.45) is 0 Å². The van der Waals surface area contributed by atoms with Crippen LogP contribution in [0.2, 0.25) is 0 Å². The summed E-state index contributed by atoms with van der Waals surface area (Å²) in [6.07, 6.45) is 5.00. The maximum atomic E-state index is 12.3. The molecule has 6 nitrogen and oxygen atoms in total. The van der Waals surface area contributed by atoms with Crippen molar-refractivity contribution in [3.63, 3.8) is 0 Å². The molecule has 2 rings (SSSR count). The molecule has 1 amide bonds. The molecule has 0 aliphatic heterocycles. The summed E-state index contributed by atoms with van der Waals surface area (Å²) in [5.74, 6) is -0.186. The SMILES string of the molecule is COC[C@@H](NC(=O)c1cnn(C(C)C)c1)c1ccccn1. The third kappa shape index (κ3) is 3.88. The van der Waals surface area contributed by atoms with Crippen LogP contribution in [0.4, 0.5) is 0 Å². The predicted octanol–water partition coefficient (Wildman–Crippen LogP) is 1.98. The number of hydrogen-bond donors (Lipinski definition) is 1. The summed E-state index contributed by atoms with van der Waals surface area (Å²) in [5.41, 5.74) is 1.30. The molecule has 0 fully saturated rings. The number of pyridine rings is 1. The van der Waals surface area contributed by atoms with Gasteiger partial charge in [0.15, 0.2) is 0 Å². The van der Waals surface area contributed by atoms with E-state index in [9.17, 15) is 4.79 Å². The lowest BCUT2D eigenvalue weighted by Gasteiger charge is -2.16. The van der Waals surface area contributed by atoms with Gasteiger partial charge in [0, 0.05) is 25.5 Å². The summed E-state index contributed by atoms with van der Waals surface area (Å²) < 4.78 is 6.91. The highest BCUT2D eigenvalue weighted by molar-refractivity contribution is 5.93. The second kappa shape index (κ2) is 6.99. The molecule has 0 aliphatic carbocycles. The van der Waals surface area contributed by atoms with Crippen LogP contribution in [0, 0.1) is 0 Å². The molecule has 1 N–H and O–H groups in total. The fraction of sp³-hybridized carbons (Fsp3) is 0.400. The number of ether oxygens (including phenoxy) is 1. The Morgan fingerprint density at radius 2 is 2.24 bits per heavy atom. The van der Waals surface area contributed by atoms with Gasteiger partial charge in [-0.1, -0.05) is 6.07 Å². The maximum Gasteiger partial charge on any atom is 0.255 e. The van der Waals surface area contributed by atoms with E-state index in [2.05, 4.69) is 15.4 Å². The van der Waals surface area contributed by atoms with Crippen molar-refractivity contribution < 1.29 is 9.53 Å². The molecule has 2 aromatic heterocycles. The van der Waals surface area contributed by atoms with Gasteiger partial charge in [0.05, 0.1) is 30.1 Å². The average molecular weight is 288 g/mol. The standard InChI is InChI=1S/C15H20N4O2/c1-11(2)19-9-12(8-17-19)15(20)18-14(10-21-3)13-6-4-5-7-16-13/h4-9,11,14H,10H2,1-3H3,(H,18,20)/t14-/m1/s1. The Morgan fingerprint density at radius 3 is 2.81 bits per heavy atom. The number of methoxy groups -OCH3 is 1. The highest BCUT2D eigenvalue weighted by Gasteiger charge is 2.18. The molecular weight excluding hydrogens is 268 g/mol. The second-order valence-corrected chi connectivity index (χ2v) is 5.04. The quantitative estimate of drug-likeness (QED) is 0.882. The first-order valence-corrected chi connectivity index (χ1v) is 6.86. The molecule has 0 unspecified atom stereocenters. The van der Waals surface area contributed by atoms with Crippen molar-refractivity contribution in [3.8, 4) is 0 Å². The number of nitrogens with one attached hydrogen (secondary N) is 1. The molecule has 21 heavy (non-hydrogen) atoms. The first-order valence-electron chi connectivity index (χ1n) is 6.86. The number of carbonyl (C=O) groups excluding carboxylic acids is 1. The Morgan fingerprint density at radius 1 is 1.43 bits per heavy atom. The van der Waals surface area contributed by atoms with Gasteiger partial charge in [0.1, 0.15) is 0 Å². The van der Waals surface area contributed by atoms with E-state index >= 15 is 0 Å². The zero-order chi connectivity index (χ0) is 15.2. The Kier molecular flexibility index (Phi) is 5.05. The highest BCUT2D eigenvalue weighted by Crippen LogP contribution is 2.12. The summed E-state index contributed by atoms with van der Waals surface area (Å²) in [4.78, 5) is 16.6. The Balaban J connectivity index is 2.11. The van der Waals surface area contributed by atoms with Gasteiger partial charge in [-0.25, -0.2) is 0 Å². The fourth-order valence-corrected chi connectivity index (χ4v) is 1.93. The molecule has 0 radical (unpaired) electrons. The fourth-order valence-electron chi connectivity index (χ4n) is 1.93. The van der Waals surface area contributed by atoms with Crippen molar-refractivity contribution in [3.05, 3.63) is 48.0 Å². The van der Waals surface area contributed by atoms with Crippen LogP contribution in [0.25, 0.3) is 0 Å².